The first-order valence-corrected chi connectivity index (χ1v) is 12.9. The van der Waals surface area contributed by atoms with Crippen LogP contribution in [0.5, 0.6) is 17.2 Å². The number of aryl methyl sites for hydroxylation is 1. The van der Waals surface area contributed by atoms with E-state index in [4.69, 9.17) is 14.2 Å². The maximum absolute atomic E-state index is 14.2. The van der Waals surface area contributed by atoms with Crippen LogP contribution in [0.4, 0.5) is 5.69 Å². The fourth-order valence-electron chi connectivity index (χ4n) is 5.65. The first-order valence-electron chi connectivity index (χ1n) is 12.9. The lowest BCUT2D eigenvalue weighted by Gasteiger charge is -2.23. The molecular formula is C30H26N4O5. The molecule has 1 unspecified atom stereocenters. The standard InChI is InChI=1S/C30H26N4O5/c35-28(32-10-3-12-33-13-11-31-18-33)21-8-6-20(7-9-21)16-34-24-5-2-1-4-22(24)30(29(34)36)17-37-25-15-27-26(14-23(25)30)38-19-39-27/h1-2,4-9,11,13-15,18H,3,10,12,16-17,19H2,(H,32,35). The van der Waals surface area contributed by atoms with Crippen molar-refractivity contribution in [3.8, 4) is 17.2 Å². The van der Waals surface area contributed by atoms with Crippen LogP contribution in [-0.2, 0) is 23.3 Å². The number of carbonyl (C=O) groups is 2. The van der Waals surface area contributed by atoms with Gasteiger partial charge in [0.2, 0.25) is 12.7 Å². The Morgan fingerprint density at radius 3 is 2.62 bits per heavy atom. The summed E-state index contributed by atoms with van der Waals surface area (Å²) in [6.45, 7) is 2.12. The van der Waals surface area contributed by atoms with Crippen LogP contribution in [0.25, 0.3) is 0 Å². The summed E-state index contributed by atoms with van der Waals surface area (Å²) >= 11 is 0. The number of aromatic nitrogens is 2. The first-order chi connectivity index (χ1) is 19.1. The minimum Gasteiger partial charge on any atom is -0.491 e. The minimum atomic E-state index is -0.941. The van der Waals surface area contributed by atoms with Gasteiger partial charge in [-0.3, -0.25) is 9.59 Å². The topological polar surface area (TPSA) is 94.9 Å². The molecule has 9 nitrogen and oxygen atoms in total. The Balaban J connectivity index is 1.09. The van der Waals surface area contributed by atoms with Gasteiger partial charge in [0, 0.05) is 48.4 Å². The molecule has 3 aliphatic rings. The van der Waals surface area contributed by atoms with Crippen molar-refractivity contribution in [1.82, 2.24) is 14.9 Å². The smallest absolute Gasteiger partial charge is 0.251 e. The number of hydrogen-bond donors (Lipinski definition) is 1. The van der Waals surface area contributed by atoms with Gasteiger partial charge in [-0.15, -0.1) is 0 Å². The Kier molecular flexibility index (Phi) is 5.50. The summed E-state index contributed by atoms with van der Waals surface area (Å²) in [6.07, 6.45) is 6.22. The van der Waals surface area contributed by atoms with E-state index in [1.54, 1.807) is 24.7 Å². The zero-order valence-corrected chi connectivity index (χ0v) is 21.1. The molecule has 0 aliphatic carbocycles. The van der Waals surface area contributed by atoms with Crippen molar-refractivity contribution in [2.24, 2.45) is 0 Å². The molecule has 3 aliphatic heterocycles. The summed E-state index contributed by atoms with van der Waals surface area (Å²) in [6, 6.07) is 19.0. The van der Waals surface area contributed by atoms with E-state index in [9.17, 15) is 9.59 Å². The molecule has 3 aromatic carbocycles. The van der Waals surface area contributed by atoms with Crippen LogP contribution < -0.4 is 24.4 Å². The highest BCUT2D eigenvalue weighted by atomic mass is 16.7. The van der Waals surface area contributed by atoms with E-state index in [1.165, 1.54) is 0 Å². The molecule has 196 valence electrons. The Morgan fingerprint density at radius 1 is 0.974 bits per heavy atom. The molecule has 4 aromatic rings. The number of rotatable bonds is 7. The van der Waals surface area contributed by atoms with Gasteiger partial charge in [0.15, 0.2) is 11.5 Å². The molecule has 9 heteroatoms. The predicted octanol–water partition coefficient (Wildman–Crippen LogP) is 3.66. The van der Waals surface area contributed by atoms with E-state index in [0.29, 0.717) is 35.9 Å². The Morgan fingerprint density at radius 2 is 1.79 bits per heavy atom. The van der Waals surface area contributed by atoms with Crippen molar-refractivity contribution < 1.29 is 23.8 Å². The van der Waals surface area contributed by atoms with E-state index in [-0.39, 0.29) is 25.2 Å². The monoisotopic (exact) mass is 522 g/mol. The average Bonchev–Trinajstić information content (AvgIpc) is 3.76. The molecule has 0 radical (unpaired) electrons. The maximum atomic E-state index is 14.2. The van der Waals surface area contributed by atoms with Gasteiger partial charge in [0.05, 0.1) is 12.9 Å². The van der Waals surface area contributed by atoms with Gasteiger partial charge in [-0.2, -0.15) is 0 Å². The highest BCUT2D eigenvalue weighted by Gasteiger charge is 2.57. The number of nitrogens with zero attached hydrogens (tertiary/aromatic N) is 3. The molecule has 0 saturated heterocycles. The van der Waals surface area contributed by atoms with Gasteiger partial charge in [-0.1, -0.05) is 30.3 Å². The largest absolute Gasteiger partial charge is 0.491 e. The van der Waals surface area contributed by atoms with E-state index in [0.717, 1.165) is 35.3 Å². The number of amides is 2. The number of fused-ring (bicyclic) bond motifs is 5. The SMILES string of the molecule is O=C(NCCCn1ccnc1)c1ccc(CN2C(=O)C3(COc4cc5c(cc43)OCO5)c3ccccc32)cc1. The van der Waals surface area contributed by atoms with E-state index in [1.807, 2.05) is 64.2 Å². The second kappa shape index (κ2) is 9.20. The minimum absolute atomic E-state index is 0.0407. The number of anilines is 1. The number of ether oxygens (including phenoxy) is 3. The van der Waals surface area contributed by atoms with Crippen LogP contribution in [-0.4, -0.2) is 41.3 Å². The highest BCUT2D eigenvalue weighted by molar-refractivity contribution is 6.11. The zero-order chi connectivity index (χ0) is 26.4. The molecule has 1 atom stereocenters. The van der Waals surface area contributed by atoms with Gasteiger partial charge in [-0.25, -0.2) is 4.98 Å². The lowest BCUT2D eigenvalue weighted by Crippen LogP contribution is -2.42. The van der Waals surface area contributed by atoms with Gasteiger partial charge < -0.3 is 29.0 Å². The third kappa shape index (κ3) is 3.80. The molecule has 1 spiro atoms. The molecule has 1 N–H and O–H groups in total. The van der Waals surface area contributed by atoms with Crippen molar-refractivity contribution in [2.75, 3.05) is 24.8 Å². The van der Waals surface area contributed by atoms with E-state index >= 15 is 0 Å². The number of carbonyl (C=O) groups excluding carboxylic acids is 2. The molecule has 39 heavy (non-hydrogen) atoms. The molecule has 0 fully saturated rings. The van der Waals surface area contributed by atoms with Crippen LogP contribution >= 0.6 is 0 Å². The summed E-state index contributed by atoms with van der Waals surface area (Å²) < 4.78 is 19.2. The van der Waals surface area contributed by atoms with Crippen LogP contribution in [0.3, 0.4) is 0 Å². The second-order valence-corrected chi connectivity index (χ2v) is 9.91. The van der Waals surface area contributed by atoms with E-state index < -0.39 is 5.41 Å². The second-order valence-electron chi connectivity index (χ2n) is 9.91. The Labute approximate surface area is 224 Å². The summed E-state index contributed by atoms with van der Waals surface area (Å²) in [5, 5.41) is 2.96. The molecule has 4 heterocycles. The number of imidazole rings is 1. The van der Waals surface area contributed by atoms with Gasteiger partial charge >= 0.3 is 0 Å². The van der Waals surface area contributed by atoms with Crippen molar-refractivity contribution in [2.45, 2.75) is 24.9 Å². The number of benzene rings is 3. The zero-order valence-electron chi connectivity index (χ0n) is 21.1. The van der Waals surface area contributed by atoms with Gasteiger partial charge in [0.1, 0.15) is 17.8 Å². The summed E-state index contributed by atoms with van der Waals surface area (Å²) in [7, 11) is 0. The highest BCUT2D eigenvalue weighted by Crippen LogP contribution is 2.55. The molecular weight excluding hydrogens is 496 g/mol. The molecule has 2 amide bonds. The van der Waals surface area contributed by atoms with Crippen molar-refractivity contribution in [3.05, 3.63) is 102 Å². The van der Waals surface area contributed by atoms with Crippen molar-refractivity contribution in [1.29, 1.82) is 0 Å². The van der Waals surface area contributed by atoms with Gasteiger partial charge in [-0.05, 0) is 41.8 Å². The molecule has 0 saturated carbocycles. The summed E-state index contributed by atoms with van der Waals surface area (Å²) in [4.78, 5) is 32.6. The van der Waals surface area contributed by atoms with Crippen LogP contribution in [0, 0.1) is 0 Å². The number of hydrogen-bond acceptors (Lipinski definition) is 6. The molecule has 1 aromatic heterocycles. The Hall–Kier alpha value is -4.79. The lowest BCUT2D eigenvalue weighted by atomic mass is 9.77. The van der Waals surface area contributed by atoms with Crippen LogP contribution in [0.1, 0.15) is 33.5 Å². The Bertz CT molecular complexity index is 1570. The predicted molar refractivity (Wildman–Crippen MR) is 142 cm³/mol. The lowest BCUT2D eigenvalue weighted by molar-refractivity contribution is -0.122. The number of nitrogens with one attached hydrogen (secondary N) is 1. The van der Waals surface area contributed by atoms with Crippen LogP contribution in [0.2, 0.25) is 0 Å². The first kappa shape index (κ1) is 23.3. The van der Waals surface area contributed by atoms with Crippen molar-refractivity contribution in [3.63, 3.8) is 0 Å². The fourth-order valence-corrected chi connectivity index (χ4v) is 5.65. The average molecular weight is 523 g/mol. The third-order valence-electron chi connectivity index (χ3n) is 7.64. The van der Waals surface area contributed by atoms with Crippen LogP contribution in [0.15, 0.2) is 79.4 Å². The quantitative estimate of drug-likeness (QED) is 0.373. The molecule has 0 bridgehead atoms. The summed E-state index contributed by atoms with van der Waals surface area (Å²) in [5.41, 5.74) is 3.14. The van der Waals surface area contributed by atoms with Gasteiger partial charge in [0.25, 0.3) is 5.91 Å². The maximum Gasteiger partial charge on any atom is 0.251 e. The normalized spacial score (nSPS) is 18.3. The van der Waals surface area contributed by atoms with Crippen molar-refractivity contribution >= 4 is 17.5 Å². The third-order valence-corrected chi connectivity index (χ3v) is 7.64. The number of para-hydroxylation sites is 1. The van der Waals surface area contributed by atoms with E-state index in [2.05, 4.69) is 10.3 Å². The molecule has 7 rings (SSSR count). The fraction of sp³-hybridized carbons (Fsp3) is 0.233. The summed E-state index contributed by atoms with van der Waals surface area (Å²) in [5.74, 6) is 1.74.